The molecule has 1 heterocycles. The predicted octanol–water partition coefficient (Wildman–Crippen LogP) is 2.81. The number of benzene rings is 1. The van der Waals surface area contributed by atoms with Crippen molar-refractivity contribution in [3.8, 4) is 0 Å². The molecule has 24 heavy (non-hydrogen) atoms. The first-order chi connectivity index (χ1) is 11.5. The summed E-state index contributed by atoms with van der Waals surface area (Å²) in [6, 6.07) is 7.71. The highest BCUT2D eigenvalue weighted by molar-refractivity contribution is 8.00. The number of fused-ring (bicyclic) bond motifs is 1. The highest BCUT2D eigenvalue weighted by Gasteiger charge is 2.27. The number of hydrogen-bond donors (Lipinski definition) is 1. The number of carbonyl (C=O) groups is 1. The average Bonchev–Trinajstić information content (AvgIpc) is 3.34. The lowest BCUT2D eigenvalue weighted by Gasteiger charge is -2.17. The third-order valence-corrected chi connectivity index (χ3v) is 5.04. The first-order valence-corrected chi connectivity index (χ1v) is 9.30. The molecule has 0 unspecified atom stereocenters. The van der Waals surface area contributed by atoms with Gasteiger partial charge in [-0.2, -0.15) is 0 Å². The van der Waals surface area contributed by atoms with Crippen LogP contribution >= 0.6 is 11.8 Å². The first kappa shape index (κ1) is 17.0. The summed E-state index contributed by atoms with van der Waals surface area (Å²) in [5.74, 6) is 0.335. The van der Waals surface area contributed by atoms with Crippen LogP contribution in [0.2, 0.25) is 0 Å². The Morgan fingerprint density at radius 3 is 2.71 bits per heavy atom. The Bertz CT molecular complexity index is 812. The summed E-state index contributed by atoms with van der Waals surface area (Å²) < 4.78 is 1.71. The summed E-state index contributed by atoms with van der Waals surface area (Å²) in [4.78, 5) is 29.7. The Morgan fingerprint density at radius 2 is 2.04 bits per heavy atom. The molecule has 1 aliphatic rings. The van der Waals surface area contributed by atoms with Gasteiger partial charge in [-0.25, -0.2) is 4.98 Å². The van der Waals surface area contributed by atoms with E-state index in [0.29, 0.717) is 34.6 Å². The van der Waals surface area contributed by atoms with E-state index in [1.54, 1.807) is 10.6 Å². The predicted molar refractivity (Wildman–Crippen MR) is 97.3 cm³/mol. The maximum Gasteiger partial charge on any atom is 0.262 e. The number of amides is 1. The Kier molecular flexibility index (Phi) is 4.94. The van der Waals surface area contributed by atoms with Gasteiger partial charge in [0.15, 0.2) is 5.16 Å². The lowest BCUT2D eigenvalue weighted by atomic mass is 10.2. The summed E-state index contributed by atoms with van der Waals surface area (Å²) in [7, 11) is 0. The molecule has 0 radical (unpaired) electrons. The van der Waals surface area contributed by atoms with Crippen LogP contribution in [0, 0.1) is 5.92 Å². The number of thioether (sulfide) groups is 1. The van der Waals surface area contributed by atoms with E-state index >= 15 is 0 Å². The van der Waals surface area contributed by atoms with E-state index in [9.17, 15) is 9.59 Å². The standard InChI is InChI=1S/C18H23N3O2S/c1-11(2)10-21-17(23)14-6-4-5-7-15(14)20-18(21)24-12(3)16(22)19-13-8-9-13/h4-7,11-13H,8-10H2,1-3H3,(H,19,22)/t12-/m1/s1. The van der Waals surface area contributed by atoms with Gasteiger partial charge in [0.2, 0.25) is 5.91 Å². The highest BCUT2D eigenvalue weighted by Crippen LogP contribution is 2.25. The van der Waals surface area contributed by atoms with E-state index in [1.807, 2.05) is 25.1 Å². The summed E-state index contributed by atoms with van der Waals surface area (Å²) in [6.07, 6.45) is 2.13. The van der Waals surface area contributed by atoms with E-state index in [1.165, 1.54) is 11.8 Å². The largest absolute Gasteiger partial charge is 0.352 e. The summed E-state index contributed by atoms with van der Waals surface area (Å²) in [5.41, 5.74) is 0.645. The van der Waals surface area contributed by atoms with Crippen LogP contribution in [0.15, 0.2) is 34.2 Å². The quantitative estimate of drug-likeness (QED) is 0.646. The molecule has 0 spiro atoms. The second-order valence-corrected chi connectivity index (χ2v) is 8.07. The van der Waals surface area contributed by atoms with Crippen LogP contribution in [0.3, 0.4) is 0 Å². The zero-order valence-corrected chi connectivity index (χ0v) is 15.1. The van der Waals surface area contributed by atoms with Crippen molar-refractivity contribution in [2.24, 2.45) is 5.92 Å². The second kappa shape index (κ2) is 6.97. The fourth-order valence-electron chi connectivity index (χ4n) is 2.52. The maximum atomic E-state index is 12.8. The number of para-hydroxylation sites is 1. The lowest BCUT2D eigenvalue weighted by Crippen LogP contribution is -2.33. The van der Waals surface area contributed by atoms with E-state index < -0.39 is 0 Å². The number of carbonyl (C=O) groups excluding carboxylic acids is 1. The van der Waals surface area contributed by atoms with Crippen molar-refractivity contribution in [3.63, 3.8) is 0 Å². The molecular weight excluding hydrogens is 322 g/mol. The summed E-state index contributed by atoms with van der Waals surface area (Å²) >= 11 is 1.36. The molecule has 0 aliphatic heterocycles. The molecule has 1 saturated carbocycles. The van der Waals surface area contributed by atoms with Gasteiger partial charge in [0, 0.05) is 12.6 Å². The van der Waals surface area contributed by atoms with E-state index in [-0.39, 0.29) is 16.7 Å². The molecular formula is C18H23N3O2S. The molecule has 1 aromatic heterocycles. The minimum absolute atomic E-state index is 0.0148. The number of aromatic nitrogens is 2. The van der Waals surface area contributed by atoms with Gasteiger partial charge in [-0.05, 0) is 37.8 Å². The van der Waals surface area contributed by atoms with Crippen LogP contribution in [0.1, 0.15) is 33.6 Å². The van der Waals surface area contributed by atoms with Crippen molar-refractivity contribution in [1.29, 1.82) is 0 Å². The van der Waals surface area contributed by atoms with Crippen molar-refractivity contribution in [3.05, 3.63) is 34.6 Å². The molecule has 1 aliphatic carbocycles. The molecule has 2 aromatic rings. The zero-order valence-electron chi connectivity index (χ0n) is 14.3. The minimum Gasteiger partial charge on any atom is -0.352 e. The molecule has 5 nitrogen and oxygen atoms in total. The molecule has 1 N–H and O–H groups in total. The normalized spacial score (nSPS) is 15.7. The highest BCUT2D eigenvalue weighted by atomic mass is 32.2. The van der Waals surface area contributed by atoms with Gasteiger partial charge in [-0.3, -0.25) is 14.2 Å². The topological polar surface area (TPSA) is 64.0 Å². The molecule has 1 atom stereocenters. The molecule has 3 rings (SSSR count). The van der Waals surface area contributed by atoms with Gasteiger partial charge in [-0.1, -0.05) is 37.7 Å². The minimum atomic E-state index is -0.280. The van der Waals surface area contributed by atoms with Crippen LogP contribution in [0.5, 0.6) is 0 Å². The SMILES string of the molecule is CC(C)Cn1c(S[C@H](C)C(=O)NC2CC2)nc2ccccc2c1=O. The van der Waals surface area contributed by atoms with Crippen LogP contribution in [0.4, 0.5) is 0 Å². The Balaban J connectivity index is 1.94. The van der Waals surface area contributed by atoms with E-state index in [2.05, 4.69) is 24.1 Å². The first-order valence-electron chi connectivity index (χ1n) is 8.42. The van der Waals surface area contributed by atoms with Crippen LogP contribution in [-0.4, -0.2) is 26.8 Å². The number of nitrogens with one attached hydrogen (secondary N) is 1. The van der Waals surface area contributed by atoms with Crippen molar-refractivity contribution in [2.45, 2.75) is 56.6 Å². The van der Waals surface area contributed by atoms with Gasteiger partial charge in [0.25, 0.3) is 5.56 Å². The van der Waals surface area contributed by atoms with Gasteiger partial charge < -0.3 is 5.32 Å². The van der Waals surface area contributed by atoms with Gasteiger partial charge >= 0.3 is 0 Å². The van der Waals surface area contributed by atoms with Gasteiger partial charge in [0.05, 0.1) is 16.2 Å². The van der Waals surface area contributed by atoms with Gasteiger partial charge in [0.1, 0.15) is 0 Å². The molecule has 1 amide bonds. The van der Waals surface area contributed by atoms with Crippen molar-refractivity contribution in [2.75, 3.05) is 0 Å². The molecule has 1 fully saturated rings. The third kappa shape index (κ3) is 3.80. The molecule has 0 bridgehead atoms. The molecule has 6 heteroatoms. The monoisotopic (exact) mass is 345 g/mol. The smallest absolute Gasteiger partial charge is 0.262 e. The van der Waals surface area contributed by atoms with Crippen molar-refractivity contribution >= 4 is 28.6 Å². The zero-order chi connectivity index (χ0) is 17.3. The molecule has 128 valence electrons. The molecule has 0 saturated heterocycles. The Labute approximate surface area is 145 Å². The number of rotatable bonds is 6. The summed E-state index contributed by atoms with van der Waals surface area (Å²) in [6.45, 7) is 6.60. The van der Waals surface area contributed by atoms with Gasteiger partial charge in [-0.15, -0.1) is 0 Å². The van der Waals surface area contributed by atoms with Crippen molar-refractivity contribution < 1.29 is 4.79 Å². The number of hydrogen-bond acceptors (Lipinski definition) is 4. The third-order valence-electron chi connectivity index (χ3n) is 3.95. The Hall–Kier alpha value is -1.82. The maximum absolute atomic E-state index is 12.8. The number of nitrogens with zero attached hydrogens (tertiary/aromatic N) is 2. The van der Waals surface area contributed by atoms with Crippen LogP contribution in [-0.2, 0) is 11.3 Å². The fourth-order valence-corrected chi connectivity index (χ4v) is 3.45. The summed E-state index contributed by atoms with van der Waals surface area (Å²) in [5, 5.41) is 3.97. The van der Waals surface area contributed by atoms with Crippen LogP contribution < -0.4 is 10.9 Å². The van der Waals surface area contributed by atoms with Crippen LogP contribution in [0.25, 0.3) is 10.9 Å². The Morgan fingerprint density at radius 1 is 1.33 bits per heavy atom. The van der Waals surface area contributed by atoms with Crippen molar-refractivity contribution in [1.82, 2.24) is 14.9 Å². The second-order valence-electron chi connectivity index (χ2n) is 6.76. The lowest BCUT2D eigenvalue weighted by molar-refractivity contribution is -0.120. The van der Waals surface area contributed by atoms with E-state index in [4.69, 9.17) is 0 Å². The van der Waals surface area contributed by atoms with E-state index in [0.717, 1.165) is 12.8 Å². The average molecular weight is 345 g/mol. The fraction of sp³-hybridized carbons (Fsp3) is 0.500. The molecule has 1 aromatic carbocycles.